The molecule has 21 heavy (non-hydrogen) atoms. The summed E-state index contributed by atoms with van der Waals surface area (Å²) in [6.45, 7) is 8.50. The zero-order valence-corrected chi connectivity index (χ0v) is 13.8. The van der Waals surface area contributed by atoms with Crippen LogP contribution in [-0.4, -0.2) is 24.9 Å². The van der Waals surface area contributed by atoms with Crippen LogP contribution in [0.3, 0.4) is 0 Å². The number of carbonyl (C=O) groups excluding carboxylic acids is 2. The first kappa shape index (κ1) is 17.5. The highest BCUT2D eigenvalue weighted by Gasteiger charge is 2.15. The van der Waals surface area contributed by atoms with E-state index >= 15 is 0 Å². The fraction of sp³-hybridized carbons (Fsp3) is 0.500. The van der Waals surface area contributed by atoms with Gasteiger partial charge in [-0.2, -0.15) is 0 Å². The SMILES string of the molecule is CC(=O)N(CCC(=O)NCC(C)C)c1ccc(Cl)cc1C. The van der Waals surface area contributed by atoms with E-state index in [1.165, 1.54) is 6.92 Å². The first-order valence-electron chi connectivity index (χ1n) is 7.12. The average molecular weight is 311 g/mol. The van der Waals surface area contributed by atoms with E-state index in [2.05, 4.69) is 5.32 Å². The van der Waals surface area contributed by atoms with Crippen molar-refractivity contribution < 1.29 is 9.59 Å². The summed E-state index contributed by atoms with van der Waals surface area (Å²) in [7, 11) is 0. The number of nitrogens with zero attached hydrogens (tertiary/aromatic N) is 1. The topological polar surface area (TPSA) is 49.4 Å². The van der Waals surface area contributed by atoms with E-state index in [-0.39, 0.29) is 18.2 Å². The third kappa shape index (κ3) is 5.76. The second kappa shape index (κ2) is 8.03. The van der Waals surface area contributed by atoms with E-state index in [0.29, 0.717) is 24.0 Å². The zero-order chi connectivity index (χ0) is 16.0. The molecule has 0 saturated carbocycles. The Bertz CT molecular complexity index is 515. The van der Waals surface area contributed by atoms with Gasteiger partial charge >= 0.3 is 0 Å². The van der Waals surface area contributed by atoms with Crippen LogP contribution in [0.4, 0.5) is 5.69 Å². The molecule has 1 rings (SSSR count). The lowest BCUT2D eigenvalue weighted by molar-refractivity contribution is -0.121. The van der Waals surface area contributed by atoms with Gasteiger partial charge in [-0.3, -0.25) is 9.59 Å². The number of nitrogens with one attached hydrogen (secondary N) is 1. The van der Waals surface area contributed by atoms with Gasteiger partial charge in [0.2, 0.25) is 11.8 Å². The number of halogens is 1. The van der Waals surface area contributed by atoms with Crippen LogP contribution in [-0.2, 0) is 9.59 Å². The fourth-order valence-electron chi connectivity index (χ4n) is 1.99. The maximum Gasteiger partial charge on any atom is 0.223 e. The minimum absolute atomic E-state index is 0.0402. The Balaban J connectivity index is 2.71. The van der Waals surface area contributed by atoms with Gasteiger partial charge in [0, 0.05) is 37.1 Å². The van der Waals surface area contributed by atoms with Gasteiger partial charge in [-0.1, -0.05) is 25.4 Å². The lowest BCUT2D eigenvalue weighted by Crippen LogP contribution is -2.35. The molecule has 5 heteroatoms. The Morgan fingerprint density at radius 3 is 2.52 bits per heavy atom. The van der Waals surface area contributed by atoms with Crippen molar-refractivity contribution in [3.05, 3.63) is 28.8 Å². The smallest absolute Gasteiger partial charge is 0.223 e. The van der Waals surface area contributed by atoms with Gasteiger partial charge in [0.25, 0.3) is 0 Å². The molecule has 1 N–H and O–H groups in total. The fourth-order valence-corrected chi connectivity index (χ4v) is 2.22. The van der Waals surface area contributed by atoms with E-state index in [9.17, 15) is 9.59 Å². The molecule has 0 aliphatic carbocycles. The number of amides is 2. The third-order valence-corrected chi connectivity index (χ3v) is 3.33. The molecule has 0 saturated heterocycles. The molecule has 0 radical (unpaired) electrons. The van der Waals surface area contributed by atoms with Gasteiger partial charge in [-0.15, -0.1) is 0 Å². The summed E-state index contributed by atoms with van der Waals surface area (Å²) in [4.78, 5) is 25.2. The number of hydrogen-bond acceptors (Lipinski definition) is 2. The summed E-state index contributed by atoms with van der Waals surface area (Å²) in [6.07, 6.45) is 0.286. The predicted molar refractivity (Wildman–Crippen MR) is 86.7 cm³/mol. The number of benzene rings is 1. The highest BCUT2D eigenvalue weighted by Crippen LogP contribution is 2.24. The van der Waals surface area contributed by atoms with Crippen molar-refractivity contribution >= 4 is 29.1 Å². The number of carbonyl (C=O) groups is 2. The average Bonchev–Trinajstić information content (AvgIpc) is 2.38. The molecule has 0 atom stereocenters. The Morgan fingerprint density at radius 2 is 2.00 bits per heavy atom. The first-order valence-corrected chi connectivity index (χ1v) is 7.50. The highest BCUT2D eigenvalue weighted by atomic mass is 35.5. The van der Waals surface area contributed by atoms with Crippen molar-refractivity contribution in [3.8, 4) is 0 Å². The maximum atomic E-state index is 11.8. The van der Waals surface area contributed by atoms with Crippen LogP contribution in [0.25, 0.3) is 0 Å². The molecule has 1 aromatic carbocycles. The van der Waals surface area contributed by atoms with Gasteiger partial charge in [0.05, 0.1) is 0 Å². The van der Waals surface area contributed by atoms with Crippen LogP contribution >= 0.6 is 11.6 Å². The van der Waals surface area contributed by atoms with Gasteiger partial charge in [0.15, 0.2) is 0 Å². The zero-order valence-electron chi connectivity index (χ0n) is 13.1. The Labute approximate surface area is 131 Å². The second-order valence-corrected chi connectivity index (χ2v) is 5.99. The lowest BCUT2D eigenvalue weighted by atomic mass is 10.1. The van der Waals surface area contributed by atoms with Crippen molar-refractivity contribution in [2.75, 3.05) is 18.0 Å². The molecule has 0 unspecified atom stereocenters. The molecule has 0 fully saturated rings. The normalized spacial score (nSPS) is 10.6. The van der Waals surface area contributed by atoms with Crippen LogP contribution in [0.2, 0.25) is 5.02 Å². The van der Waals surface area contributed by atoms with Crippen molar-refractivity contribution in [1.82, 2.24) is 5.32 Å². The van der Waals surface area contributed by atoms with Crippen molar-refractivity contribution in [1.29, 1.82) is 0 Å². The van der Waals surface area contributed by atoms with E-state index in [4.69, 9.17) is 11.6 Å². The Kier molecular flexibility index (Phi) is 6.69. The summed E-state index contributed by atoms with van der Waals surface area (Å²) >= 11 is 5.93. The van der Waals surface area contributed by atoms with E-state index in [1.807, 2.05) is 32.9 Å². The molecule has 0 spiro atoms. The minimum Gasteiger partial charge on any atom is -0.356 e. The molecular formula is C16H23ClN2O2. The van der Waals surface area contributed by atoms with Crippen LogP contribution < -0.4 is 10.2 Å². The summed E-state index contributed by atoms with van der Waals surface area (Å²) in [5.74, 6) is 0.287. The second-order valence-electron chi connectivity index (χ2n) is 5.55. The van der Waals surface area contributed by atoms with Gasteiger partial charge < -0.3 is 10.2 Å². The predicted octanol–water partition coefficient (Wildman–Crippen LogP) is 3.16. The van der Waals surface area contributed by atoms with Crippen LogP contribution in [0.1, 0.15) is 32.8 Å². The molecule has 0 aromatic heterocycles. The van der Waals surface area contributed by atoms with Crippen LogP contribution in [0.5, 0.6) is 0 Å². The van der Waals surface area contributed by atoms with Crippen molar-refractivity contribution in [2.24, 2.45) is 5.92 Å². The van der Waals surface area contributed by atoms with E-state index in [0.717, 1.165) is 11.3 Å². The van der Waals surface area contributed by atoms with E-state index in [1.54, 1.807) is 11.0 Å². The van der Waals surface area contributed by atoms with E-state index < -0.39 is 0 Å². The number of hydrogen-bond donors (Lipinski definition) is 1. The molecular weight excluding hydrogens is 288 g/mol. The maximum absolute atomic E-state index is 11.8. The number of aryl methyl sites for hydroxylation is 1. The molecule has 0 aliphatic rings. The summed E-state index contributed by atoms with van der Waals surface area (Å²) in [5, 5.41) is 3.49. The molecule has 2 amide bonds. The lowest BCUT2D eigenvalue weighted by Gasteiger charge is -2.23. The molecule has 0 heterocycles. The summed E-state index contributed by atoms with van der Waals surface area (Å²) in [5.41, 5.74) is 1.71. The van der Waals surface area contributed by atoms with Crippen molar-refractivity contribution in [2.45, 2.75) is 34.1 Å². The Hall–Kier alpha value is -1.55. The number of rotatable bonds is 6. The Morgan fingerprint density at radius 1 is 1.33 bits per heavy atom. The molecule has 0 aliphatic heterocycles. The summed E-state index contributed by atoms with van der Waals surface area (Å²) < 4.78 is 0. The first-order chi connectivity index (χ1) is 9.81. The minimum atomic E-state index is -0.0860. The molecule has 4 nitrogen and oxygen atoms in total. The standard InChI is InChI=1S/C16H23ClN2O2/c1-11(2)10-18-16(21)7-8-19(13(4)20)15-6-5-14(17)9-12(15)3/h5-6,9,11H,7-8,10H2,1-4H3,(H,18,21). The quantitative estimate of drug-likeness (QED) is 0.877. The summed E-state index contributed by atoms with van der Waals surface area (Å²) in [6, 6.07) is 5.37. The largest absolute Gasteiger partial charge is 0.356 e. The van der Waals surface area contributed by atoms with Crippen molar-refractivity contribution in [3.63, 3.8) is 0 Å². The molecule has 0 bridgehead atoms. The van der Waals surface area contributed by atoms with Crippen LogP contribution in [0, 0.1) is 12.8 Å². The molecule has 1 aromatic rings. The highest BCUT2D eigenvalue weighted by molar-refractivity contribution is 6.30. The van der Waals surface area contributed by atoms with Gasteiger partial charge in [-0.05, 0) is 36.6 Å². The third-order valence-electron chi connectivity index (χ3n) is 3.10. The van der Waals surface area contributed by atoms with Gasteiger partial charge in [0.1, 0.15) is 0 Å². The van der Waals surface area contributed by atoms with Crippen LogP contribution in [0.15, 0.2) is 18.2 Å². The molecule has 116 valence electrons. The van der Waals surface area contributed by atoms with Gasteiger partial charge in [-0.25, -0.2) is 0 Å². The number of anilines is 1. The monoisotopic (exact) mass is 310 g/mol.